The van der Waals surface area contributed by atoms with Crippen molar-refractivity contribution in [2.75, 3.05) is 5.32 Å². The molecule has 0 bridgehead atoms. The minimum Gasteiger partial charge on any atom is -0.372 e. The smallest absolute Gasteiger partial charge is 0.295 e. The highest BCUT2D eigenvalue weighted by molar-refractivity contribution is 7.11. The molecule has 1 N–H and O–H groups in total. The predicted octanol–water partition coefficient (Wildman–Crippen LogP) is 4.63. The molecule has 21 heavy (non-hydrogen) atoms. The quantitative estimate of drug-likeness (QED) is 0.655. The lowest BCUT2D eigenvalue weighted by Crippen LogP contribution is -2.08. The number of thiazole rings is 1. The van der Waals surface area contributed by atoms with E-state index in [1.807, 2.05) is 20.8 Å². The van der Waals surface area contributed by atoms with Crippen molar-refractivity contribution in [2.45, 2.75) is 26.8 Å². The number of nitro benzene ring substituents is 1. The molecule has 0 amide bonds. The van der Waals surface area contributed by atoms with E-state index in [4.69, 9.17) is 11.6 Å². The molecule has 1 heterocycles. The first kappa shape index (κ1) is 15.7. The van der Waals surface area contributed by atoms with Gasteiger partial charge in [0.1, 0.15) is 11.5 Å². The second kappa shape index (κ2) is 5.95. The van der Waals surface area contributed by atoms with Crippen LogP contribution in [-0.4, -0.2) is 9.91 Å². The minimum absolute atomic E-state index is 0.160. The lowest BCUT2D eigenvalue weighted by molar-refractivity contribution is -0.384. The average molecular weight is 330 g/mol. The Morgan fingerprint density at radius 2 is 2.14 bits per heavy atom. The lowest BCUT2D eigenvalue weighted by atomic mass is 10.2. The second-order valence-corrected chi connectivity index (χ2v) is 6.23. The number of hydrogen-bond acceptors (Lipinski definition) is 5. The van der Waals surface area contributed by atoms with Crippen LogP contribution in [-0.2, 0) is 0 Å². The number of aryl methyl sites for hydroxylation is 2. The summed E-state index contributed by atoms with van der Waals surface area (Å²) in [5, 5.41) is 14.8. The van der Waals surface area contributed by atoms with E-state index in [2.05, 4.69) is 10.3 Å². The molecule has 1 aromatic heterocycles. The summed E-state index contributed by atoms with van der Waals surface area (Å²) in [6.07, 6.45) is 0. The van der Waals surface area contributed by atoms with Gasteiger partial charge < -0.3 is 5.32 Å². The topological polar surface area (TPSA) is 68.1 Å². The van der Waals surface area contributed by atoms with Crippen LogP contribution in [0.25, 0.3) is 0 Å². The maximum absolute atomic E-state index is 13.4. The number of aromatic nitrogens is 1. The van der Waals surface area contributed by atoms with E-state index in [1.165, 1.54) is 17.4 Å². The van der Waals surface area contributed by atoms with Gasteiger partial charge in [0.15, 0.2) is 0 Å². The van der Waals surface area contributed by atoms with Crippen molar-refractivity contribution >= 4 is 34.3 Å². The normalized spacial score (nSPS) is 12.2. The molecular formula is C13H13ClFN3O2S. The Kier molecular flexibility index (Phi) is 4.43. The number of hydrogen-bond donors (Lipinski definition) is 1. The Hall–Kier alpha value is -1.73. The van der Waals surface area contributed by atoms with Crippen LogP contribution in [0.2, 0.25) is 5.02 Å². The minimum atomic E-state index is -0.814. The molecule has 0 fully saturated rings. The maximum atomic E-state index is 13.4. The Labute approximate surface area is 129 Å². The SMILES string of the molecule is Cc1nc(C)c(C(C)Nc2cc(Cl)c(F)cc2[N+](=O)[O-])s1. The number of halogens is 2. The summed E-state index contributed by atoms with van der Waals surface area (Å²) >= 11 is 7.22. The van der Waals surface area contributed by atoms with E-state index < -0.39 is 10.7 Å². The molecule has 0 saturated heterocycles. The van der Waals surface area contributed by atoms with Crippen LogP contribution in [0.3, 0.4) is 0 Å². The van der Waals surface area contributed by atoms with Crippen LogP contribution in [0.1, 0.15) is 28.5 Å². The van der Waals surface area contributed by atoms with Gasteiger partial charge in [-0.2, -0.15) is 0 Å². The van der Waals surface area contributed by atoms with Gasteiger partial charge in [-0.3, -0.25) is 10.1 Å². The van der Waals surface area contributed by atoms with E-state index in [9.17, 15) is 14.5 Å². The van der Waals surface area contributed by atoms with Crippen LogP contribution in [0.5, 0.6) is 0 Å². The van der Waals surface area contributed by atoms with E-state index in [0.29, 0.717) is 0 Å². The number of rotatable bonds is 4. The molecule has 2 aromatic rings. The Balaban J connectivity index is 2.36. The third kappa shape index (κ3) is 3.30. The Bertz CT molecular complexity index is 705. The number of benzene rings is 1. The summed E-state index contributed by atoms with van der Waals surface area (Å²) in [5.74, 6) is -0.814. The summed E-state index contributed by atoms with van der Waals surface area (Å²) in [5.41, 5.74) is 0.709. The van der Waals surface area contributed by atoms with Crippen molar-refractivity contribution in [3.63, 3.8) is 0 Å². The maximum Gasteiger partial charge on any atom is 0.295 e. The van der Waals surface area contributed by atoms with E-state index >= 15 is 0 Å². The van der Waals surface area contributed by atoms with Crippen LogP contribution in [0.4, 0.5) is 15.8 Å². The predicted molar refractivity (Wildman–Crippen MR) is 81.7 cm³/mol. The molecule has 2 rings (SSSR count). The molecule has 0 aliphatic carbocycles. The Morgan fingerprint density at radius 3 is 2.67 bits per heavy atom. The highest BCUT2D eigenvalue weighted by atomic mass is 35.5. The molecule has 0 aliphatic heterocycles. The van der Waals surface area contributed by atoms with Gasteiger partial charge in [0.05, 0.1) is 32.8 Å². The third-order valence-electron chi connectivity index (χ3n) is 2.94. The van der Waals surface area contributed by atoms with Gasteiger partial charge in [0, 0.05) is 4.88 Å². The average Bonchev–Trinajstić information content (AvgIpc) is 2.72. The lowest BCUT2D eigenvalue weighted by Gasteiger charge is -2.15. The highest BCUT2D eigenvalue weighted by Gasteiger charge is 2.21. The fourth-order valence-electron chi connectivity index (χ4n) is 2.05. The van der Waals surface area contributed by atoms with E-state index in [-0.39, 0.29) is 22.4 Å². The molecule has 1 aromatic carbocycles. The first-order valence-corrected chi connectivity index (χ1v) is 7.33. The largest absolute Gasteiger partial charge is 0.372 e. The first-order chi connectivity index (χ1) is 9.79. The van der Waals surface area contributed by atoms with Gasteiger partial charge >= 0.3 is 0 Å². The molecule has 1 unspecified atom stereocenters. The zero-order chi connectivity index (χ0) is 15.7. The summed E-state index contributed by atoms with van der Waals surface area (Å²) in [7, 11) is 0. The van der Waals surface area contributed by atoms with Gasteiger partial charge in [-0.1, -0.05) is 11.6 Å². The number of anilines is 1. The number of nitrogens with zero attached hydrogens (tertiary/aromatic N) is 2. The number of nitrogens with one attached hydrogen (secondary N) is 1. The standard InChI is InChI=1S/C13H13ClFN3O2S/c1-6-13(21-8(3)16-6)7(2)17-11-4-9(14)10(15)5-12(11)18(19)20/h4-5,7,17H,1-3H3. The third-order valence-corrected chi connectivity index (χ3v) is 4.49. The molecular weight excluding hydrogens is 317 g/mol. The summed E-state index contributed by atoms with van der Waals surface area (Å²) in [4.78, 5) is 15.7. The molecule has 112 valence electrons. The molecule has 0 saturated carbocycles. The second-order valence-electron chi connectivity index (χ2n) is 4.59. The Morgan fingerprint density at radius 1 is 1.48 bits per heavy atom. The van der Waals surface area contributed by atoms with Crippen molar-refractivity contribution in [3.8, 4) is 0 Å². The van der Waals surface area contributed by atoms with Crippen molar-refractivity contribution in [1.29, 1.82) is 0 Å². The van der Waals surface area contributed by atoms with Crippen molar-refractivity contribution in [2.24, 2.45) is 0 Å². The highest BCUT2D eigenvalue weighted by Crippen LogP contribution is 2.34. The molecule has 1 atom stereocenters. The molecule has 0 radical (unpaired) electrons. The van der Waals surface area contributed by atoms with E-state index in [0.717, 1.165) is 21.6 Å². The fourth-order valence-corrected chi connectivity index (χ4v) is 3.14. The summed E-state index contributed by atoms with van der Waals surface area (Å²) < 4.78 is 13.4. The van der Waals surface area contributed by atoms with Crippen LogP contribution < -0.4 is 5.32 Å². The van der Waals surface area contributed by atoms with Crippen LogP contribution in [0.15, 0.2) is 12.1 Å². The molecule has 0 aliphatic rings. The zero-order valence-corrected chi connectivity index (χ0v) is 13.2. The van der Waals surface area contributed by atoms with Gasteiger partial charge in [-0.25, -0.2) is 9.37 Å². The van der Waals surface area contributed by atoms with Crippen molar-refractivity contribution in [1.82, 2.24) is 4.98 Å². The van der Waals surface area contributed by atoms with Crippen LogP contribution in [0, 0.1) is 29.8 Å². The van der Waals surface area contributed by atoms with Crippen molar-refractivity contribution < 1.29 is 9.31 Å². The van der Waals surface area contributed by atoms with Gasteiger partial charge in [0.25, 0.3) is 5.69 Å². The summed E-state index contributed by atoms with van der Waals surface area (Å²) in [6, 6.07) is 1.85. The molecule has 5 nitrogen and oxygen atoms in total. The van der Waals surface area contributed by atoms with Gasteiger partial charge in [-0.15, -0.1) is 11.3 Å². The molecule has 0 spiro atoms. The first-order valence-electron chi connectivity index (χ1n) is 6.13. The fraction of sp³-hybridized carbons (Fsp3) is 0.308. The van der Waals surface area contributed by atoms with Gasteiger partial charge in [0.2, 0.25) is 0 Å². The van der Waals surface area contributed by atoms with Crippen molar-refractivity contribution in [3.05, 3.63) is 48.7 Å². The monoisotopic (exact) mass is 329 g/mol. The number of nitro groups is 1. The van der Waals surface area contributed by atoms with E-state index in [1.54, 1.807) is 0 Å². The molecule has 8 heteroatoms. The zero-order valence-electron chi connectivity index (χ0n) is 11.6. The van der Waals surface area contributed by atoms with Crippen LogP contribution >= 0.6 is 22.9 Å². The summed E-state index contributed by atoms with van der Waals surface area (Å²) in [6.45, 7) is 5.63. The van der Waals surface area contributed by atoms with Gasteiger partial charge in [-0.05, 0) is 26.8 Å².